The van der Waals surface area contributed by atoms with Gasteiger partial charge in [0.15, 0.2) is 5.75 Å². The number of halogens is 3. The number of nitro benzene ring substituents is 1. The molecule has 104 valence electrons. The van der Waals surface area contributed by atoms with Crippen LogP contribution in [0.5, 0.6) is 5.75 Å². The smallest absolute Gasteiger partial charge is 0.312 e. The lowest BCUT2D eigenvalue weighted by atomic mass is 10.3. The van der Waals surface area contributed by atoms with Gasteiger partial charge < -0.3 is 4.74 Å². The Labute approximate surface area is 129 Å². The molecule has 2 aromatic rings. The van der Waals surface area contributed by atoms with Gasteiger partial charge in [0.25, 0.3) is 0 Å². The zero-order valence-electron chi connectivity index (χ0n) is 9.85. The fourth-order valence-electron chi connectivity index (χ4n) is 1.46. The van der Waals surface area contributed by atoms with Crippen LogP contribution in [-0.2, 0) is 6.61 Å². The number of nitrogens with zero attached hydrogens (tertiary/aromatic N) is 2. The third-order valence-corrected chi connectivity index (χ3v) is 3.16. The molecule has 1 aromatic carbocycles. The van der Waals surface area contributed by atoms with Gasteiger partial charge in [0, 0.05) is 11.1 Å². The third kappa shape index (κ3) is 3.50. The Bertz CT molecular complexity index is 664. The van der Waals surface area contributed by atoms with E-state index in [1.54, 1.807) is 6.07 Å². The largest absolute Gasteiger partial charge is 0.480 e. The summed E-state index contributed by atoms with van der Waals surface area (Å²) in [6, 6.07) is 7.24. The van der Waals surface area contributed by atoms with Crippen molar-refractivity contribution in [1.29, 1.82) is 0 Å². The van der Waals surface area contributed by atoms with Crippen molar-refractivity contribution in [3.63, 3.8) is 0 Å². The van der Waals surface area contributed by atoms with Crippen LogP contribution >= 0.6 is 34.8 Å². The first kappa shape index (κ1) is 14.8. The molecule has 8 heteroatoms. The van der Waals surface area contributed by atoms with Crippen LogP contribution in [0.1, 0.15) is 5.69 Å². The average molecular weight is 334 g/mol. The molecule has 5 nitrogen and oxygen atoms in total. The molecular formula is C12H7Cl3N2O3. The topological polar surface area (TPSA) is 65.3 Å². The van der Waals surface area contributed by atoms with Gasteiger partial charge >= 0.3 is 5.69 Å². The predicted molar refractivity (Wildman–Crippen MR) is 76.7 cm³/mol. The number of nitro groups is 1. The summed E-state index contributed by atoms with van der Waals surface area (Å²) in [6.07, 6.45) is 0. The van der Waals surface area contributed by atoms with Gasteiger partial charge in [0.1, 0.15) is 11.8 Å². The molecule has 0 aliphatic carbocycles. The molecule has 0 spiro atoms. The van der Waals surface area contributed by atoms with Crippen molar-refractivity contribution >= 4 is 40.5 Å². The minimum atomic E-state index is -0.575. The number of ether oxygens (including phenoxy) is 1. The zero-order valence-corrected chi connectivity index (χ0v) is 12.1. The highest BCUT2D eigenvalue weighted by atomic mass is 35.5. The molecule has 0 fully saturated rings. The van der Waals surface area contributed by atoms with Gasteiger partial charge in [-0.15, -0.1) is 0 Å². The van der Waals surface area contributed by atoms with Crippen molar-refractivity contribution in [3.05, 3.63) is 61.3 Å². The maximum atomic E-state index is 10.9. The Balaban J connectivity index is 2.23. The van der Waals surface area contributed by atoms with E-state index in [4.69, 9.17) is 39.5 Å². The second-order valence-corrected chi connectivity index (χ2v) is 4.95. The van der Waals surface area contributed by atoms with E-state index in [9.17, 15) is 10.1 Å². The molecule has 0 unspecified atom stereocenters. The third-order valence-electron chi connectivity index (χ3n) is 2.37. The van der Waals surface area contributed by atoms with Gasteiger partial charge in [-0.05, 0) is 24.3 Å². The van der Waals surface area contributed by atoms with Gasteiger partial charge in [-0.1, -0.05) is 34.8 Å². The number of aromatic nitrogens is 1. The van der Waals surface area contributed by atoms with Gasteiger partial charge in [0.05, 0.1) is 15.6 Å². The summed E-state index contributed by atoms with van der Waals surface area (Å²) in [7, 11) is 0. The second kappa shape index (κ2) is 6.26. The summed E-state index contributed by atoms with van der Waals surface area (Å²) in [4.78, 5) is 14.3. The minimum absolute atomic E-state index is 0.0398. The van der Waals surface area contributed by atoms with Crippen molar-refractivity contribution < 1.29 is 9.66 Å². The fraction of sp³-hybridized carbons (Fsp3) is 0.0833. The first-order chi connectivity index (χ1) is 9.47. The van der Waals surface area contributed by atoms with E-state index in [2.05, 4.69) is 4.98 Å². The zero-order chi connectivity index (χ0) is 14.7. The highest BCUT2D eigenvalue weighted by Crippen LogP contribution is 2.31. The normalized spacial score (nSPS) is 10.3. The van der Waals surface area contributed by atoms with Crippen LogP contribution in [0.2, 0.25) is 15.2 Å². The highest BCUT2D eigenvalue weighted by Gasteiger charge is 2.16. The van der Waals surface area contributed by atoms with E-state index < -0.39 is 4.92 Å². The van der Waals surface area contributed by atoms with Crippen LogP contribution in [0.15, 0.2) is 30.3 Å². The van der Waals surface area contributed by atoms with Crippen LogP contribution in [0.3, 0.4) is 0 Å². The van der Waals surface area contributed by atoms with E-state index in [1.165, 1.54) is 24.3 Å². The monoisotopic (exact) mass is 332 g/mol. The summed E-state index contributed by atoms with van der Waals surface area (Å²) < 4.78 is 5.37. The molecule has 20 heavy (non-hydrogen) atoms. The molecule has 0 radical (unpaired) electrons. The van der Waals surface area contributed by atoms with Crippen LogP contribution < -0.4 is 4.74 Å². The van der Waals surface area contributed by atoms with E-state index in [1.807, 2.05) is 0 Å². The lowest BCUT2D eigenvalue weighted by molar-refractivity contribution is -0.385. The second-order valence-electron chi connectivity index (χ2n) is 3.72. The molecular weight excluding hydrogens is 327 g/mol. The molecule has 0 amide bonds. The average Bonchev–Trinajstić information content (AvgIpc) is 2.40. The van der Waals surface area contributed by atoms with Crippen molar-refractivity contribution in [1.82, 2.24) is 4.98 Å². The number of pyridine rings is 1. The molecule has 0 aliphatic heterocycles. The van der Waals surface area contributed by atoms with Crippen molar-refractivity contribution in [2.24, 2.45) is 0 Å². The number of rotatable bonds is 4. The van der Waals surface area contributed by atoms with Crippen molar-refractivity contribution in [2.75, 3.05) is 0 Å². The van der Waals surface area contributed by atoms with Crippen molar-refractivity contribution in [2.45, 2.75) is 6.61 Å². The van der Waals surface area contributed by atoms with E-state index in [0.29, 0.717) is 10.7 Å². The van der Waals surface area contributed by atoms with Crippen LogP contribution in [0.4, 0.5) is 5.69 Å². The maximum Gasteiger partial charge on any atom is 0.312 e. The Hall–Kier alpha value is -1.56. The molecule has 0 saturated heterocycles. The first-order valence-corrected chi connectivity index (χ1v) is 6.48. The van der Waals surface area contributed by atoms with Crippen LogP contribution in [0, 0.1) is 10.1 Å². The lowest BCUT2D eigenvalue weighted by Gasteiger charge is -2.08. The Morgan fingerprint density at radius 1 is 1.20 bits per heavy atom. The highest BCUT2D eigenvalue weighted by molar-refractivity contribution is 6.32. The maximum absolute atomic E-state index is 10.9. The molecule has 0 saturated carbocycles. The summed E-state index contributed by atoms with van der Waals surface area (Å²) in [5, 5.41) is 11.8. The van der Waals surface area contributed by atoms with Gasteiger partial charge in [-0.3, -0.25) is 10.1 Å². The van der Waals surface area contributed by atoms with E-state index >= 15 is 0 Å². The molecule has 1 aromatic heterocycles. The first-order valence-electron chi connectivity index (χ1n) is 5.35. The quantitative estimate of drug-likeness (QED) is 0.468. The molecule has 0 aliphatic rings. The van der Waals surface area contributed by atoms with Gasteiger partial charge in [0.2, 0.25) is 0 Å². The Morgan fingerprint density at radius 2 is 1.95 bits per heavy atom. The lowest BCUT2D eigenvalue weighted by Crippen LogP contribution is -2.01. The van der Waals surface area contributed by atoms with Gasteiger partial charge in [-0.2, -0.15) is 0 Å². The number of benzene rings is 1. The van der Waals surface area contributed by atoms with Crippen LogP contribution in [0.25, 0.3) is 0 Å². The van der Waals surface area contributed by atoms with Crippen molar-refractivity contribution in [3.8, 4) is 5.75 Å². The minimum Gasteiger partial charge on any atom is -0.480 e. The molecule has 1 heterocycles. The Kier molecular flexibility index (Phi) is 4.65. The predicted octanol–water partition coefficient (Wildman–Crippen LogP) is 4.53. The summed E-state index contributed by atoms with van der Waals surface area (Å²) >= 11 is 17.4. The molecule has 0 atom stereocenters. The van der Waals surface area contributed by atoms with Crippen LogP contribution in [-0.4, -0.2) is 9.91 Å². The summed E-state index contributed by atoms with van der Waals surface area (Å²) in [5.41, 5.74) is 0.166. The fourth-order valence-corrected chi connectivity index (χ4v) is 1.95. The molecule has 0 bridgehead atoms. The molecule has 0 N–H and O–H groups in total. The number of hydrogen-bond donors (Lipinski definition) is 0. The van der Waals surface area contributed by atoms with E-state index in [0.717, 1.165) is 0 Å². The summed E-state index contributed by atoms with van der Waals surface area (Å²) in [6.45, 7) is -0.0398. The summed E-state index contributed by atoms with van der Waals surface area (Å²) in [5.74, 6) is 0.0808. The van der Waals surface area contributed by atoms with Gasteiger partial charge in [-0.25, -0.2) is 4.98 Å². The molecule has 2 rings (SSSR count). The number of hydrogen-bond acceptors (Lipinski definition) is 4. The van der Waals surface area contributed by atoms with E-state index in [-0.39, 0.29) is 28.2 Å². The standard InChI is InChI=1S/C12H7Cl3N2O3/c13-7-1-3-11(10(5-7)17(18)19)20-6-9-8(14)2-4-12(15)16-9/h1-5H,6H2. The SMILES string of the molecule is O=[N+]([O-])c1cc(Cl)ccc1OCc1nc(Cl)ccc1Cl. The Morgan fingerprint density at radius 3 is 2.65 bits per heavy atom.